The Morgan fingerprint density at radius 1 is 1.04 bits per heavy atom. The minimum Gasteiger partial charge on any atom is -0.394 e. The lowest BCUT2D eigenvalue weighted by Gasteiger charge is -2.55. The van der Waals surface area contributed by atoms with E-state index < -0.39 is 0 Å². The number of aliphatic hydroxyl groups excluding tert-OH is 1. The molecule has 4 rings (SSSR count). The molecule has 3 saturated carbocycles. The van der Waals surface area contributed by atoms with Crippen LogP contribution < -0.4 is 16.4 Å². The zero-order valence-electron chi connectivity index (χ0n) is 33.7. The average molecular weight is 715 g/mol. The van der Waals surface area contributed by atoms with Crippen LogP contribution in [0.2, 0.25) is 0 Å². The number of ether oxygens (including phenoxy) is 2. The molecule has 4 aliphatic rings. The number of carbonyl (C=O) groups excluding carboxylic acids is 1. The van der Waals surface area contributed by atoms with E-state index >= 15 is 0 Å². The molecule has 0 radical (unpaired) electrons. The van der Waals surface area contributed by atoms with E-state index in [0.29, 0.717) is 36.4 Å². The summed E-state index contributed by atoms with van der Waals surface area (Å²) in [7, 11) is 2.05. The number of hydrogen-bond donors (Lipinski definition) is 4. The summed E-state index contributed by atoms with van der Waals surface area (Å²) in [5.41, 5.74) is 7.42. The number of aliphatic hydroxyl groups is 1. The predicted octanol–water partition coefficient (Wildman–Crippen LogP) is 6.82. The van der Waals surface area contributed by atoms with Crippen LogP contribution in [0, 0.1) is 40.4 Å². The third-order valence-corrected chi connectivity index (χ3v) is 13.6. The molecule has 10 atom stereocenters. The Morgan fingerprint density at radius 3 is 2.57 bits per heavy atom. The van der Waals surface area contributed by atoms with Gasteiger partial charge in [0.2, 0.25) is 5.91 Å². The van der Waals surface area contributed by atoms with E-state index in [4.69, 9.17) is 15.2 Å². The van der Waals surface area contributed by atoms with Gasteiger partial charge in [-0.1, -0.05) is 78.6 Å². The number of rotatable bonds is 17. The molecule has 0 spiro atoms. The predicted molar refractivity (Wildman–Crippen MR) is 209 cm³/mol. The molecule has 1 heterocycles. The van der Waals surface area contributed by atoms with Crippen molar-refractivity contribution in [1.82, 2.24) is 15.5 Å². The highest BCUT2D eigenvalue weighted by molar-refractivity contribution is 5.78. The first kappa shape index (κ1) is 42.5. The molecule has 0 aromatic carbocycles. The molecule has 4 fully saturated rings. The molecule has 0 aromatic rings. The smallest absolute Gasteiger partial charge is 0.234 e. The van der Waals surface area contributed by atoms with Crippen molar-refractivity contribution in [2.75, 3.05) is 40.0 Å². The van der Waals surface area contributed by atoms with Gasteiger partial charge in [-0.05, 0) is 113 Å². The largest absolute Gasteiger partial charge is 0.394 e. The Kier molecular flexibility index (Phi) is 17.5. The van der Waals surface area contributed by atoms with Crippen molar-refractivity contribution in [1.29, 1.82) is 0 Å². The van der Waals surface area contributed by atoms with Crippen molar-refractivity contribution in [3.05, 3.63) is 0 Å². The second-order valence-corrected chi connectivity index (χ2v) is 18.0. The van der Waals surface area contributed by atoms with Crippen molar-refractivity contribution in [3.8, 4) is 11.8 Å². The number of carbonyl (C=O) groups is 1. The monoisotopic (exact) mass is 715 g/mol. The standard InChI is InChI=1S/C43H78N4O4/c1-7-8-9-10-22-43(40(44)16-13-21-42(43,4)5)29-33(3)15-14-23-45-37-20-17-32(2)26-39(37)51-25-12-11-24-50-36-19-18-34-27-35(31-48)46-41(49)30-47(6)38(34)28-36/h32-40,45,48H,7-13,16-31,44H2,1-6H3,(H,46,49). The fourth-order valence-electron chi connectivity index (χ4n) is 10.5. The summed E-state index contributed by atoms with van der Waals surface area (Å²) in [5.74, 6) is 8.71. The molecule has 5 N–H and O–H groups in total. The molecule has 0 aromatic heterocycles. The maximum Gasteiger partial charge on any atom is 0.234 e. The highest BCUT2D eigenvalue weighted by atomic mass is 16.5. The summed E-state index contributed by atoms with van der Waals surface area (Å²) in [4.78, 5) is 14.5. The van der Waals surface area contributed by atoms with Gasteiger partial charge in [-0.25, -0.2) is 0 Å². The number of nitrogens with one attached hydrogen (secondary N) is 2. The molecule has 294 valence electrons. The fourth-order valence-corrected chi connectivity index (χ4v) is 10.5. The Labute approximate surface area is 312 Å². The van der Waals surface area contributed by atoms with Gasteiger partial charge in [0.15, 0.2) is 0 Å². The number of nitrogens with two attached hydrogens (primary N) is 1. The third kappa shape index (κ3) is 12.4. The number of fused-ring (bicyclic) bond motifs is 1. The maximum absolute atomic E-state index is 12.3. The minimum absolute atomic E-state index is 0.00586. The van der Waals surface area contributed by atoms with Crippen molar-refractivity contribution in [2.45, 2.75) is 187 Å². The minimum atomic E-state index is -0.129. The number of amides is 1. The zero-order valence-corrected chi connectivity index (χ0v) is 33.7. The first-order valence-corrected chi connectivity index (χ1v) is 21.3. The van der Waals surface area contributed by atoms with Gasteiger partial charge in [0.25, 0.3) is 0 Å². The van der Waals surface area contributed by atoms with Gasteiger partial charge >= 0.3 is 0 Å². The molecule has 1 saturated heterocycles. The Bertz CT molecular complexity index is 1090. The van der Waals surface area contributed by atoms with Crippen LogP contribution >= 0.6 is 0 Å². The van der Waals surface area contributed by atoms with E-state index in [9.17, 15) is 9.90 Å². The van der Waals surface area contributed by atoms with E-state index in [1.807, 2.05) is 0 Å². The lowest BCUT2D eigenvalue weighted by atomic mass is 9.51. The lowest BCUT2D eigenvalue weighted by Crippen LogP contribution is -2.54. The number of likely N-dealkylation sites (N-methyl/N-ethyl adjacent to an activating group) is 1. The fraction of sp³-hybridized carbons (Fsp3) is 0.930. The van der Waals surface area contributed by atoms with Crippen LogP contribution in [0.3, 0.4) is 0 Å². The number of hydrogen-bond acceptors (Lipinski definition) is 7. The topological polar surface area (TPSA) is 109 Å². The molecule has 1 amide bonds. The summed E-state index contributed by atoms with van der Waals surface area (Å²) >= 11 is 0. The van der Waals surface area contributed by atoms with Gasteiger partial charge in [0.05, 0.1) is 37.9 Å². The first-order valence-electron chi connectivity index (χ1n) is 21.3. The highest BCUT2D eigenvalue weighted by Gasteiger charge is 2.50. The van der Waals surface area contributed by atoms with Crippen LogP contribution in [0.15, 0.2) is 0 Å². The van der Waals surface area contributed by atoms with Crippen LogP contribution in [0.5, 0.6) is 0 Å². The van der Waals surface area contributed by atoms with Crippen LogP contribution in [-0.4, -0.2) is 92.2 Å². The molecule has 3 aliphatic carbocycles. The van der Waals surface area contributed by atoms with Gasteiger partial charge in [0, 0.05) is 37.3 Å². The molecular formula is C43H78N4O4. The van der Waals surface area contributed by atoms with Crippen LogP contribution in [0.4, 0.5) is 0 Å². The quantitative estimate of drug-likeness (QED) is 0.0968. The van der Waals surface area contributed by atoms with Gasteiger partial charge < -0.3 is 30.9 Å². The summed E-state index contributed by atoms with van der Waals surface area (Å²) in [6.45, 7) is 14.6. The van der Waals surface area contributed by atoms with Crippen LogP contribution in [0.1, 0.15) is 150 Å². The van der Waals surface area contributed by atoms with Crippen molar-refractivity contribution in [2.24, 2.45) is 34.3 Å². The molecule has 0 bridgehead atoms. The van der Waals surface area contributed by atoms with Crippen molar-refractivity contribution >= 4 is 5.91 Å². The number of unbranched alkanes of at least 4 members (excludes halogenated alkanes) is 4. The molecule has 1 aliphatic heterocycles. The van der Waals surface area contributed by atoms with Gasteiger partial charge in [-0.2, -0.15) is 0 Å². The summed E-state index contributed by atoms with van der Waals surface area (Å²) in [6.07, 6.45) is 21.2. The lowest BCUT2D eigenvalue weighted by molar-refractivity contribution is -0.126. The summed E-state index contributed by atoms with van der Waals surface area (Å²) < 4.78 is 12.9. The van der Waals surface area contributed by atoms with Crippen LogP contribution in [0.25, 0.3) is 0 Å². The van der Waals surface area contributed by atoms with Gasteiger partial charge in [-0.3, -0.25) is 9.69 Å². The van der Waals surface area contributed by atoms with Gasteiger partial charge in [-0.15, -0.1) is 0 Å². The van der Waals surface area contributed by atoms with E-state index in [-0.39, 0.29) is 47.6 Å². The normalized spacial score (nSPS) is 35.1. The van der Waals surface area contributed by atoms with E-state index in [1.165, 1.54) is 51.4 Å². The average Bonchev–Trinajstić information content (AvgIpc) is 3.08. The highest BCUT2D eigenvalue weighted by Crippen LogP contribution is 2.56. The molecule has 51 heavy (non-hydrogen) atoms. The molecule has 8 heteroatoms. The van der Waals surface area contributed by atoms with E-state index in [0.717, 1.165) is 84.0 Å². The number of nitrogens with zero attached hydrogens (tertiary/aromatic N) is 1. The second-order valence-electron chi connectivity index (χ2n) is 18.0. The molecule has 10 unspecified atom stereocenters. The SMILES string of the molecule is CCCCCCC1(CC(C)C#CCNC2CCC(C)CC2OCCCCOC2CCC3CC(CO)NC(=O)CN(C)C3C2)C(N)CCCC1(C)C. The van der Waals surface area contributed by atoms with E-state index in [2.05, 4.69) is 69.0 Å². The first-order chi connectivity index (χ1) is 24.5. The molecule has 8 nitrogen and oxygen atoms in total. The second kappa shape index (κ2) is 21.0. The van der Waals surface area contributed by atoms with Crippen molar-refractivity contribution in [3.63, 3.8) is 0 Å². The maximum atomic E-state index is 12.3. The third-order valence-electron chi connectivity index (χ3n) is 13.6. The Balaban J connectivity index is 1.18. The van der Waals surface area contributed by atoms with Crippen LogP contribution in [-0.2, 0) is 14.3 Å². The van der Waals surface area contributed by atoms with E-state index in [1.54, 1.807) is 0 Å². The summed E-state index contributed by atoms with van der Waals surface area (Å²) in [5, 5.41) is 16.5. The van der Waals surface area contributed by atoms with Gasteiger partial charge in [0.1, 0.15) is 0 Å². The Morgan fingerprint density at radius 2 is 1.82 bits per heavy atom. The molecular weight excluding hydrogens is 636 g/mol. The zero-order chi connectivity index (χ0) is 36.9. The Hall–Kier alpha value is -1.21. The van der Waals surface area contributed by atoms with Crippen molar-refractivity contribution < 1.29 is 19.4 Å². The summed E-state index contributed by atoms with van der Waals surface area (Å²) in [6, 6.07) is 0.841.